The lowest BCUT2D eigenvalue weighted by atomic mass is 9.94. The Bertz CT molecular complexity index is 1390. The number of rotatable bonds is 6. The Balaban J connectivity index is 1.38. The highest BCUT2D eigenvalue weighted by Gasteiger charge is 2.42. The third-order valence-corrected chi connectivity index (χ3v) is 8.29. The number of nitrogens with one attached hydrogen (secondary N) is 1. The third-order valence-electron chi connectivity index (χ3n) is 7.97. The number of aryl methyl sites for hydroxylation is 1. The summed E-state index contributed by atoms with van der Waals surface area (Å²) in [5.41, 5.74) is 6.00. The van der Waals surface area contributed by atoms with E-state index in [1.54, 1.807) is 0 Å². The van der Waals surface area contributed by atoms with Gasteiger partial charge in [0.25, 0.3) is 0 Å². The van der Waals surface area contributed by atoms with E-state index >= 15 is 0 Å². The maximum Gasteiger partial charge on any atom is 0.174 e. The molecule has 0 radical (unpaired) electrons. The number of para-hydroxylation sites is 1. The molecule has 2 aromatic carbocycles. The van der Waals surface area contributed by atoms with E-state index in [1.165, 1.54) is 49.1 Å². The summed E-state index contributed by atoms with van der Waals surface area (Å²) in [6, 6.07) is 27.1. The van der Waals surface area contributed by atoms with Crippen LogP contribution in [0.4, 0.5) is 5.69 Å². The van der Waals surface area contributed by atoms with Gasteiger partial charge >= 0.3 is 0 Å². The average molecular weight is 523 g/mol. The van der Waals surface area contributed by atoms with Crippen LogP contribution in [0.25, 0.3) is 0 Å². The Kier molecular flexibility index (Phi) is 6.90. The van der Waals surface area contributed by atoms with E-state index in [1.807, 2.05) is 60.8 Å². The van der Waals surface area contributed by atoms with Gasteiger partial charge in [0.2, 0.25) is 0 Å². The average Bonchev–Trinajstić information content (AvgIpc) is 3.45. The smallest absolute Gasteiger partial charge is 0.174 e. The van der Waals surface area contributed by atoms with Crippen molar-refractivity contribution in [1.29, 1.82) is 0 Å². The van der Waals surface area contributed by atoms with Crippen molar-refractivity contribution in [3.8, 4) is 11.5 Å². The van der Waals surface area contributed by atoms with Gasteiger partial charge in [0.05, 0.1) is 17.8 Å². The summed E-state index contributed by atoms with van der Waals surface area (Å²) < 4.78 is 8.63. The predicted molar refractivity (Wildman–Crippen MR) is 157 cm³/mol. The van der Waals surface area contributed by atoms with Crippen molar-refractivity contribution >= 4 is 23.0 Å². The van der Waals surface area contributed by atoms with Crippen molar-refractivity contribution in [2.45, 2.75) is 64.1 Å². The Morgan fingerprint density at radius 3 is 2.29 bits per heavy atom. The standard InChI is InChI=1S/C32H34N4OS/c1-22-21-28(23(2)35(22)24-11-5-3-6-12-24)31-30(29-15-9-10-20-33-29)34-32(38)36(31)25-16-18-27(19-17-25)37-26-13-7-4-8-14-26/h4,7-10,13-21,24,30-31H,3,5-6,11-12H2,1-2H3,(H,34,38)/t30-,31-/m0/s1. The van der Waals surface area contributed by atoms with Gasteiger partial charge in [-0.15, -0.1) is 0 Å². The molecule has 6 rings (SSSR count). The minimum atomic E-state index is -0.0516. The van der Waals surface area contributed by atoms with Crippen molar-refractivity contribution in [1.82, 2.24) is 14.9 Å². The van der Waals surface area contributed by atoms with Crippen LogP contribution in [0.1, 0.15) is 72.9 Å². The highest BCUT2D eigenvalue weighted by molar-refractivity contribution is 7.80. The van der Waals surface area contributed by atoms with Crippen molar-refractivity contribution in [3.63, 3.8) is 0 Å². The van der Waals surface area contributed by atoms with E-state index in [9.17, 15) is 0 Å². The quantitative estimate of drug-likeness (QED) is 0.260. The molecular weight excluding hydrogens is 488 g/mol. The number of pyridine rings is 1. The highest BCUT2D eigenvalue weighted by Crippen LogP contribution is 2.45. The Morgan fingerprint density at radius 1 is 0.868 bits per heavy atom. The van der Waals surface area contributed by atoms with Crippen LogP contribution in [-0.2, 0) is 0 Å². The molecule has 4 aromatic rings. The number of benzene rings is 2. The summed E-state index contributed by atoms with van der Waals surface area (Å²) in [6.45, 7) is 4.53. The molecule has 2 aliphatic rings. The molecule has 1 aliphatic carbocycles. The number of aromatic nitrogens is 2. The monoisotopic (exact) mass is 522 g/mol. The molecule has 1 saturated heterocycles. The summed E-state index contributed by atoms with van der Waals surface area (Å²) >= 11 is 5.97. The van der Waals surface area contributed by atoms with Crippen LogP contribution in [0.5, 0.6) is 11.5 Å². The van der Waals surface area contributed by atoms with Gasteiger partial charge < -0.3 is 19.5 Å². The predicted octanol–water partition coefficient (Wildman–Crippen LogP) is 7.97. The van der Waals surface area contributed by atoms with Crippen molar-refractivity contribution in [3.05, 3.63) is 108 Å². The van der Waals surface area contributed by atoms with Gasteiger partial charge in [0.1, 0.15) is 11.5 Å². The SMILES string of the molecule is Cc1cc([C@H]2[C@H](c3ccccn3)NC(=S)N2c2ccc(Oc3ccccc3)cc2)c(C)n1C1CCCCC1. The molecule has 0 spiro atoms. The molecule has 5 nitrogen and oxygen atoms in total. The Hall–Kier alpha value is -3.64. The van der Waals surface area contributed by atoms with Gasteiger partial charge in [-0.25, -0.2) is 0 Å². The zero-order valence-electron chi connectivity index (χ0n) is 22.0. The van der Waals surface area contributed by atoms with Gasteiger partial charge in [-0.05, 0) is 99.1 Å². The van der Waals surface area contributed by atoms with Crippen LogP contribution in [-0.4, -0.2) is 14.7 Å². The molecule has 2 aromatic heterocycles. The first kappa shape index (κ1) is 24.7. The van der Waals surface area contributed by atoms with Crippen LogP contribution < -0.4 is 15.0 Å². The highest BCUT2D eigenvalue weighted by atomic mass is 32.1. The number of hydrogen-bond donors (Lipinski definition) is 1. The molecule has 38 heavy (non-hydrogen) atoms. The minimum absolute atomic E-state index is 0.0122. The molecule has 1 aliphatic heterocycles. The van der Waals surface area contributed by atoms with Gasteiger partial charge in [0, 0.05) is 29.3 Å². The van der Waals surface area contributed by atoms with Gasteiger partial charge in [-0.2, -0.15) is 0 Å². The van der Waals surface area contributed by atoms with Crippen LogP contribution in [0.3, 0.4) is 0 Å². The second kappa shape index (κ2) is 10.6. The fourth-order valence-electron chi connectivity index (χ4n) is 6.25. The van der Waals surface area contributed by atoms with E-state index in [0.29, 0.717) is 11.2 Å². The number of thiocarbonyl (C=S) groups is 1. The van der Waals surface area contributed by atoms with Crippen molar-refractivity contribution in [2.75, 3.05) is 4.90 Å². The molecule has 0 bridgehead atoms. The van der Waals surface area contributed by atoms with Crippen LogP contribution >= 0.6 is 12.2 Å². The zero-order valence-corrected chi connectivity index (χ0v) is 22.8. The Labute approximate surface area is 230 Å². The fourth-order valence-corrected chi connectivity index (χ4v) is 6.60. The van der Waals surface area contributed by atoms with E-state index in [-0.39, 0.29) is 12.1 Å². The van der Waals surface area contributed by atoms with Gasteiger partial charge in [-0.3, -0.25) is 4.98 Å². The molecule has 2 atom stereocenters. The summed E-state index contributed by atoms with van der Waals surface area (Å²) in [6.07, 6.45) is 8.35. The zero-order chi connectivity index (χ0) is 26.1. The lowest BCUT2D eigenvalue weighted by Gasteiger charge is -2.30. The van der Waals surface area contributed by atoms with E-state index in [2.05, 4.69) is 52.9 Å². The normalized spacial score (nSPS) is 19.9. The first-order valence-corrected chi connectivity index (χ1v) is 14.0. The van der Waals surface area contributed by atoms with Crippen LogP contribution in [0, 0.1) is 13.8 Å². The largest absolute Gasteiger partial charge is 0.457 e. The summed E-state index contributed by atoms with van der Waals surface area (Å²) in [7, 11) is 0. The van der Waals surface area contributed by atoms with E-state index < -0.39 is 0 Å². The molecule has 0 unspecified atom stereocenters. The van der Waals surface area contributed by atoms with Crippen LogP contribution in [0.2, 0.25) is 0 Å². The molecular formula is C32H34N4OS. The molecule has 1 saturated carbocycles. The molecule has 6 heteroatoms. The Morgan fingerprint density at radius 2 is 1.58 bits per heavy atom. The number of anilines is 1. The molecule has 194 valence electrons. The lowest BCUT2D eigenvalue weighted by molar-refractivity contribution is 0.345. The summed E-state index contributed by atoms with van der Waals surface area (Å²) in [4.78, 5) is 6.99. The lowest BCUT2D eigenvalue weighted by Crippen LogP contribution is -2.29. The fraction of sp³-hybridized carbons (Fsp3) is 0.312. The molecule has 0 amide bonds. The summed E-state index contributed by atoms with van der Waals surface area (Å²) in [5.74, 6) is 1.62. The second-order valence-corrected chi connectivity index (χ2v) is 10.8. The maximum atomic E-state index is 6.05. The topological polar surface area (TPSA) is 42.3 Å². The number of ether oxygens (including phenoxy) is 1. The summed E-state index contributed by atoms with van der Waals surface area (Å²) in [5, 5.41) is 4.32. The first-order valence-electron chi connectivity index (χ1n) is 13.6. The van der Waals surface area contributed by atoms with Crippen LogP contribution in [0.15, 0.2) is 85.1 Å². The van der Waals surface area contributed by atoms with Crippen molar-refractivity contribution < 1.29 is 4.74 Å². The first-order chi connectivity index (χ1) is 18.6. The van der Waals surface area contributed by atoms with Crippen molar-refractivity contribution in [2.24, 2.45) is 0 Å². The van der Waals surface area contributed by atoms with E-state index in [0.717, 1.165) is 22.9 Å². The van der Waals surface area contributed by atoms with Gasteiger partial charge in [-0.1, -0.05) is 43.5 Å². The molecule has 1 N–H and O–H groups in total. The molecule has 3 heterocycles. The number of hydrogen-bond acceptors (Lipinski definition) is 3. The van der Waals surface area contributed by atoms with Gasteiger partial charge in [0.15, 0.2) is 5.11 Å². The third kappa shape index (κ3) is 4.69. The second-order valence-electron chi connectivity index (χ2n) is 10.4. The van der Waals surface area contributed by atoms with E-state index in [4.69, 9.17) is 21.9 Å². The maximum absolute atomic E-state index is 6.05. The molecule has 2 fully saturated rings. The minimum Gasteiger partial charge on any atom is -0.457 e. The number of nitrogens with zero attached hydrogens (tertiary/aromatic N) is 3.